The minimum Gasteiger partial charge on any atom is -0.326 e. The lowest BCUT2D eigenvalue weighted by Gasteiger charge is -2.20. The van der Waals surface area contributed by atoms with Crippen molar-refractivity contribution in [2.24, 2.45) is 11.7 Å². The zero-order valence-corrected chi connectivity index (χ0v) is 13.1. The summed E-state index contributed by atoms with van der Waals surface area (Å²) < 4.78 is 27.2. The van der Waals surface area contributed by atoms with E-state index in [2.05, 4.69) is 4.72 Å². The summed E-state index contributed by atoms with van der Waals surface area (Å²) in [5, 5.41) is 0.378. The van der Waals surface area contributed by atoms with Crippen LogP contribution >= 0.6 is 11.6 Å². The van der Waals surface area contributed by atoms with E-state index in [1.807, 2.05) is 20.8 Å². The Balaban J connectivity index is 3.03. The van der Waals surface area contributed by atoms with E-state index in [1.165, 1.54) is 12.1 Å². The van der Waals surface area contributed by atoms with Gasteiger partial charge in [-0.1, -0.05) is 38.4 Å². The Hall–Kier alpha value is -0.620. The highest BCUT2D eigenvalue weighted by molar-refractivity contribution is 7.89. The van der Waals surface area contributed by atoms with Crippen LogP contribution in [0.25, 0.3) is 0 Å². The third kappa shape index (κ3) is 4.18. The highest BCUT2D eigenvalue weighted by atomic mass is 35.5. The third-order valence-electron chi connectivity index (χ3n) is 3.11. The first-order valence-electron chi connectivity index (χ1n) is 6.32. The van der Waals surface area contributed by atoms with Crippen molar-refractivity contribution in [1.82, 2.24) is 4.72 Å². The first-order chi connectivity index (χ1) is 8.81. The van der Waals surface area contributed by atoms with Gasteiger partial charge in [-0.2, -0.15) is 0 Å². The Morgan fingerprint density at radius 3 is 2.42 bits per heavy atom. The Morgan fingerprint density at radius 1 is 1.37 bits per heavy atom. The normalized spacial score (nSPS) is 13.8. The molecule has 0 bridgehead atoms. The molecule has 0 aliphatic carbocycles. The van der Waals surface area contributed by atoms with Gasteiger partial charge in [0.2, 0.25) is 10.0 Å². The van der Waals surface area contributed by atoms with Crippen LogP contribution < -0.4 is 10.5 Å². The quantitative estimate of drug-likeness (QED) is 0.848. The molecule has 0 saturated carbocycles. The van der Waals surface area contributed by atoms with Crippen LogP contribution in [0.1, 0.15) is 32.8 Å². The van der Waals surface area contributed by atoms with Gasteiger partial charge >= 0.3 is 0 Å². The van der Waals surface area contributed by atoms with Crippen molar-refractivity contribution in [1.29, 1.82) is 0 Å². The molecule has 0 spiro atoms. The summed E-state index contributed by atoms with van der Waals surface area (Å²) in [5.41, 5.74) is 6.24. The number of hydrogen-bond acceptors (Lipinski definition) is 3. The van der Waals surface area contributed by atoms with E-state index in [1.54, 1.807) is 6.07 Å². The lowest BCUT2D eigenvalue weighted by Crippen LogP contribution is -2.37. The molecule has 0 aliphatic heterocycles. The first kappa shape index (κ1) is 16.4. The number of rotatable bonds is 6. The first-order valence-corrected chi connectivity index (χ1v) is 8.18. The van der Waals surface area contributed by atoms with Gasteiger partial charge in [-0.25, -0.2) is 13.1 Å². The van der Waals surface area contributed by atoms with Gasteiger partial charge in [-0.3, -0.25) is 0 Å². The van der Waals surface area contributed by atoms with Crippen molar-refractivity contribution in [2.75, 3.05) is 0 Å². The van der Waals surface area contributed by atoms with Gasteiger partial charge in [-0.15, -0.1) is 0 Å². The highest BCUT2D eigenvalue weighted by Gasteiger charge is 2.21. The maximum atomic E-state index is 12.3. The number of nitrogens with one attached hydrogen (secondary N) is 1. The fourth-order valence-electron chi connectivity index (χ4n) is 1.82. The molecular weight excluding hydrogens is 284 g/mol. The zero-order valence-electron chi connectivity index (χ0n) is 11.5. The maximum Gasteiger partial charge on any atom is 0.240 e. The number of benzene rings is 1. The highest BCUT2D eigenvalue weighted by Crippen LogP contribution is 2.21. The summed E-state index contributed by atoms with van der Waals surface area (Å²) in [4.78, 5) is 0.175. The molecular formula is C13H21ClN2O2S. The molecule has 4 nitrogen and oxygen atoms in total. The minimum atomic E-state index is -3.54. The Bertz CT molecular complexity index is 529. The summed E-state index contributed by atoms with van der Waals surface area (Å²) in [5.74, 6) is 0.235. The topological polar surface area (TPSA) is 72.2 Å². The summed E-state index contributed by atoms with van der Waals surface area (Å²) in [7, 11) is -3.54. The number of halogens is 1. The molecule has 108 valence electrons. The molecule has 3 N–H and O–H groups in total. The van der Waals surface area contributed by atoms with Gasteiger partial charge in [0.1, 0.15) is 0 Å². The molecule has 1 unspecified atom stereocenters. The second-order valence-electron chi connectivity index (χ2n) is 4.84. The summed E-state index contributed by atoms with van der Waals surface area (Å²) in [6, 6.07) is 4.54. The molecule has 0 saturated heterocycles. The van der Waals surface area contributed by atoms with Crippen molar-refractivity contribution >= 4 is 21.6 Å². The second kappa shape index (κ2) is 6.70. The molecule has 1 aromatic carbocycles. The summed E-state index contributed by atoms with van der Waals surface area (Å²) in [6.07, 6.45) is 0.742. The molecule has 6 heteroatoms. The number of sulfonamides is 1. The number of hydrogen-bond donors (Lipinski definition) is 2. The van der Waals surface area contributed by atoms with Crippen molar-refractivity contribution in [3.05, 3.63) is 28.8 Å². The van der Waals surface area contributed by atoms with E-state index in [9.17, 15) is 8.42 Å². The average Bonchev–Trinajstić information content (AvgIpc) is 2.35. The Morgan fingerprint density at radius 2 is 2.00 bits per heavy atom. The molecule has 1 atom stereocenters. The second-order valence-corrected chi connectivity index (χ2v) is 6.96. The van der Waals surface area contributed by atoms with Crippen molar-refractivity contribution in [2.45, 2.75) is 44.7 Å². The minimum absolute atomic E-state index is 0.0852. The van der Waals surface area contributed by atoms with Gasteiger partial charge in [-0.05, 0) is 30.0 Å². The molecule has 0 heterocycles. The van der Waals surface area contributed by atoms with Crippen molar-refractivity contribution < 1.29 is 8.42 Å². The van der Waals surface area contributed by atoms with E-state index in [0.717, 1.165) is 12.0 Å². The van der Waals surface area contributed by atoms with Crippen LogP contribution in [0.2, 0.25) is 5.02 Å². The molecule has 1 aromatic rings. The number of nitrogens with two attached hydrogens (primary N) is 1. The van der Waals surface area contributed by atoms with E-state index >= 15 is 0 Å². The standard InChI is InChI=1S/C13H21ClN2O2S/c1-4-13(9(2)3)16-19(17,18)11-6-5-10(8-15)12(14)7-11/h5-7,9,13,16H,4,8,15H2,1-3H3. The molecule has 19 heavy (non-hydrogen) atoms. The zero-order chi connectivity index (χ0) is 14.6. The summed E-state index contributed by atoms with van der Waals surface area (Å²) in [6.45, 7) is 6.22. The van der Waals surface area contributed by atoms with Crippen molar-refractivity contribution in [3.8, 4) is 0 Å². The van der Waals surface area contributed by atoms with Crippen LogP contribution in [0.15, 0.2) is 23.1 Å². The molecule has 0 radical (unpaired) electrons. The molecule has 0 aromatic heterocycles. The van der Waals surface area contributed by atoms with Crippen LogP contribution in [-0.2, 0) is 16.6 Å². The Labute approximate surface area is 120 Å². The monoisotopic (exact) mass is 304 g/mol. The fourth-order valence-corrected chi connectivity index (χ4v) is 3.63. The van der Waals surface area contributed by atoms with Crippen LogP contribution in [0, 0.1) is 5.92 Å². The third-order valence-corrected chi connectivity index (χ3v) is 4.95. The van der Waals surface area contributed by atoms with E-state index in [0.29, 0.717) is 5.02 Å². The van der Waals surface area contributed by atoms with Gasteiger partial charge in [0, 0.05) is 17.6 Å². The van der Waals surface area contributed by atoms with Crippen molar-refractivity contribution in [3.63, 3.8) is 0 Å². The largest absolute Gasteiger partial charge is 0.326 e. The van der Waals surface area contributed by atoms with Gasteiger partial charge in [0.05, 0.1) is 4.90 Å². The van der Waals surface area contributed by atoms with Crippen LogP contribution in [-0.4, -0.2) is 14.5 Å². The predicted octanol–water partition coefficient (Wildman–Crippen LogP) is 2.51. The lowest BCUT2D eigenvalue weighted by molar-refractivity contribution is 0.437. The van der Waals surface area contributed by atoms with Gasteiger partial charge < -0.3 is 5.73 Å². The van der Waals surface area contributed by atoms with E-state index in [-0.39, 0.29) is 23.4 Å². The Kier molecular flexibility index (Phi) is 5.80. The smallest absolute Gasteiger partial charge is 0.240 e. The fraction of sp³-hybridized carbons (Fsp3) is 0.538. The predicted molar refractivity (Wildman–Crippen MR) is 78.6 cm³/mol. The molecule has 0 aliphatic rings. The van der Waals surface area contributed by atoms with Crippen LogP contribution in [0.3, 0.4) is 0 Å². The molecule has 0 amide bonds. The van der Waals surface area contributed by atoms with E-state index in [4.69, 9.17) is 17.3 Å². The lowest BCUT2D eigenvalue weighted by atomic mass is 10.0. The van der Waals surface area contributed by atoms with Crippen LogP contribution in [0.4, 0.5) is 0 Å². The maximum absolute atomic E-state index is 12.3. The average molecular weight is 305 g/mol. The molecule has 1 rings (SSSR count). The van der Waals surface area contributed by atoms with Gasteiger partial charge in [0.25, 0.3) is 0 Å². The van der Waals surface area contributed by atoms with Crippen LogP contribution in [0.5, 0.6) is 0 Å². The van der Waals surface area contributed by atoms with E-state index < -0.39 is 10.0 Å². The molecule has 0 fully saturated rings. The SMILES string of the molecule is CCC(NS(=O)(=O)c1ccc(CN)c(Cl)c1)C(C)C. The van der Waals surface area contributed by atoms with Gasteiger partial charge in [0.15, 0.2) is 0 Å². The summed E-state index contributed by atoms with van der Waals surface area (Å²) >= 11 is 6.00.